The Morgan fingerprint density at radius 1 is 1.14 bits per heavy atom. The summed E-state index contributed by atoms with van der Waals surface area (Å²) in [7, 11) is 0. The molecule has 35 heavy (non-hydrogen) atoms. The lowest BCUT2D eigenvalue weighted by Gasteiger charge is -2.32. The normalized spacial score (nSPS) is 17.1. The molecule has 0 saturated carbocycles. The van der Waals surface area contributed by atoms with Gasteiger partial charge in [0.25, 0.3) is 0 Å². The van der Waals surface area contributed by atoms with E-state index in [-0.39, 0.29) is 23.7 Å². The first-order valence-electron chi connectivity index (χ1n) is 12.0. The van der Waals surface area contributed by atoms with Crippen molar-refractivity contribution in [3.8, 4) is 5.69 Å². The minimum atomic E-state index is -0.280. The van der Waals surface area contributed by atoms with Crippen LogP contribution in [0.1, 0.15) is 48.2 Å². The molecule has 1 aliphatic rings. The quantitative estimate of drug-likeness (QED) is 0.392. The maximum Gasteiger partial charge on any atom is 0.225 e. The second kappa shape index (κ2) is 9.41. The third-order valence-corrected chi connectivity index (χ3v) is 8.12. The summed E-state index contributed by atoms with van der Waals surface area (Å²) in [5.74, 6) is -0.271. The van der Waals surface area contributed by atoms with Crippen molar-refractivity contribution in [3.05, 3.63) is 70.7 Å². The Kier molecular flexibility index (Phi) is 6.32. The summed E-state index contributed by atoms with van der Waals surface area (Å²) in [6, 6.07) is 12.6. The Morgan fingerprint density at radius 2 is 1.91 bits per heavy atom. The molecule has 5 rings (SSSR count). The maximum absolute atomic E-state index is 13.4. The Bertz CT molecular complexity index is 1380. The number of piperidine rings is 1. The van der Waals surface area contributed by atoms with Gasteiger partial charge in [-0.2, -0.15) is 10.1 Å². The minimum Gasteiger partial charge on any atom is -0.349 e. The van der Waals surface area contributed by atoms with Crippen LogP contribution < -0.4 is 10.2 Å². The van der Waals surface area contributed by atoms with Gasteiger partial charge in [-0.1, -0.05) is 29.5 Å². The lowest BCUT2D eigenvalue weighted by Crippen LogP contribution is -2.43. The number of amides is 1. The van der Waals surface area contributed by atoms with Gasteiger partial charge in [0.2, 0.25) is 5.91 Å². The highest BCUT2D eigenvalue weighted by Crippen LogP contribution is 2.34. The zero-order valence-electron chi connectivity index (χ0n) is 20.5. The number of hydrogen-bond donors (Lipinski definition) is 1. The molecule has 2 aromatic carbocycles. The molecule has 1 aliphatic heterocycles. The summed E-state index contributed by atoms with van der Waals surface area (Å²) >= 11 is 1.60. The van der Waals surface area contributed by atoms with Crippen molar-refractivity contribution in [3.63, 3.8) is 0 Å². The number of halogens is 1. The fourth-order valence-electron chi connectivity index (χ4n) is 4.63. The van der Waals surface area contributed by atoms with E-state index in [1.54, 1.807) is 28.2 Å². The molecule has 0 unspecified atom stereocenters. The van der Waals surface area contributed by atoms with E-state index in [0.717, 1.165) is 51.8 Å². The van der Waals surface area contributed by atoms with Crippen LogP contribution in [0.4, 0.5) is 9.52 Å². The molecule has 0 spiro atoms. The minimum absolute atomic E-state index is 0.0380. The van der Waals surface area contributed by atoms with E-state index in [9.17, 15) is 9.18 Å². The molecule has 0 radical (unpaired) electrons. The van der Waals surface area contributed by atoms with Crippen molar-refractivity contribution in [1.82, 2.24) is 20.1 Å². The number of aryl methyl sites for hydroxylation is 3. The Hall–Kier alpha value is -3.26. The van der Waals surface area contributed by atoms with Gasteiger partial charge in [0.05, 0.1) is 28.0 Å². The molecule has 1 saturated heterocycles. The van der Waals surface area contributed by atoms with Crippen molar-refractivity contribution in [2.45, 2.75) is 46.6 Å². The molecule has 1 fully saturated rings. The third kappa shape index (κ3) is 4.67. The summed E-state index contributed by atoms with van der Waals surface area (Å²) in [4.78, 5) is 20.3. The van der Waals surface area contributed by atoms with Gasteiger partial charge in [0.15, 0.2) is 10.8 Å². The highest BCUT2D eigenvalue weighted by Gasteiger charge is 2.29. The summed E-state index contributed by atoms with van der Waals surface area (Å²) < 4.78 is 16.2. The predicted octanol–water partition coefficient (Wildman–Crippen LogP) is 5.64. The van der Waals surface area contributed by atoms with Crippen LogP contribution in [-0.2, 0) is 4.79 Å². The number of nitrogens with zero attached hydrogens (tertiary/aromatic N) is 4. The van der Waals surface area contributed by atoms with E-state index in [1.165, 1.54) is 23.3 Å². The number of benzene rings is 2. The lowest BCUT2D eigenvalue weighted by molar-refractivity contribution is -0.125. The Balaban J connectivity index is 1.32. The second-order valence-corrected chi connectivity index (χ2v) is 10.5. The molecule has 3 heterocycles. The van der Waals surface area contributed by atoms with Crippen molar-refractivity contribution in [2.75, 3.05) is 18.0 Å². The van der Waals surface area contributed by atoms with Crippen LogP contribution in [0.3, 0.4) is 0 Å². The second-order valence-electron chi connectivity index (χ2n) is 9.48. The monoisotopic (exact) mass is 491 g/mol. The van der Waals surface area contributed by atoms with Crippen LogP contribution in [0.15, 0.2) is 42.5 Å². The number of thiazole rings is 1. The molecule has 0 bridgehead atoms. The number of anilines is 1. The highest BCUT2D eigenvalue weighted by molar-refractivity contribution is 7.22. The van der Waals surface area contributed by atoms with Gasteiger partial charge in [0.1, 0.15) is 5.82 Å². The van der Waals surface area contributed by atoms with Crippen LogP contribution in [0.5, 0.6) is 0 Å². The van der Waals surface area contributed by atoms with Gasteiger partial charge < -0.3 is 10.2 Å². The fraction of sp³-hybridized carbons (Fsp3) is 0.370. The van der Waals surface area contributed by atoms with Crippen LogP contribution in [0.2, 0.25) is 0 Å². The van der Waals surface area contributed by atoms with E-state index in [1.807, 2.05) is 13.8 Å². The third-order valence-electron chi connectivity index (χ3n) is 6.90. The van der Waals surface area contributed by atoms with Gasteiger partial charge in [-0.25, -0.2) is 9.07 Å². The van der Waals surface area contributed by atoms with E-state index < -0.39 is 0 Å². The smallest absolute Gasteiger partial charge is 0.225 e. The zero-order valence-corrected chi connectivity index (χ0v) is 21.3. The summed E-state index contributed by atoms with van der Waals surface area (Å²) in [6.45, 7) is 9.71. The molecule has 1 amide bonds. The van der Waals surface area contributed by atoms with Gasteiger partial charge in [0, 0.05) is 13.1 Å². The number of carbonyl (C=O) groups excluding carboxylic acids is 1. The van der Waals surface area contributed by atoms with Crippen LogP contribution in [0.25, 0.3) is 16.0 Å². The molecule has 4 aromatic rings. The number of carbonyl (C=O) groups is 1. The van der Waals surface area contributed by atoms with Gasteiger partial charge in [-0.3, -0.25) is 4.79 Å². The van der Waals surface area contributed by atoms with Crippen LogP contribution in [0, 0.1) is 32.5 Å². The SMILES string of the molecule is Cc1ccc([C@H](C)NC(=O)[C@@H]2CCCN(c3nc4c(s3)c(C)nn4-c3ccc(F)cc3)C2)cc1C. The topological polar surface area (TPSA) is 63.1 Å². The average molecular weight is 492 g/mol. The molecule has 2 atom stereocenters. The van der Waals surface area contributed by atoms with Crippen molar-refractivity contribution >= 4 is 32.7 Å². The van der Waals surface area contributed by atoms with Crippen molar-refractivity contribution in [2.24, 2.45) is 5.92 Å². The summed E-state index contributed by atoms with van der Waals surface area (Å²) in [5, 5.41) is 8.73. The van der Waals surface area contributed by atoms with E-state index in [0.29, 0.717) is 6.54 Å². The van der Waals surface area contributed by atoms with Gasteiger partial charge in [-0.15, -0.1) is 0 Å². The predicted molar refractivity (Wildman–Crippen MR) is 139 cm³/mol. The standard InChI is InChI=1S/C27H30FN5OS/c1-16-7-8-20(14-17(16)2)18(3)29-26(34)21-6-5-13-32(15-21)27-30-25-24(35-27)19(4)31-33(25)23-11-9-22(28)10-12-23/h7-12,14,18,21H,5-6,13,15H2,1-4H3,(H,29,34)/t18-,21+/m0/s1. The van der Waals surface area contributed by atoms with E-state index >= 15 is 0 Å². The molecule has 6 nitrogen and oxygen atoms in total. The molecular weight excluding hydrogens is 461 g/mol. The lowest BCUT2D eigenvalue weighted by atomic mass is 9.96. The zero-order chi connectivity index (χ0) is 24.7. The van der Waals surface area contributed by atoms with Gasteiger partial charge >= 0.3 is 0 Å². The molecule has 8 heteroatoms. The Labute approximate surface area is 208 Å². The first-order chi connectivity index (χ1) is 16.8. The molecule has 1 N–H and O–H groups in total. The first-order valence-corrected chi connectivity index (χ1v) is 12.9. The van der Waals surface area contributed by atoms with Crippen molar-refractivity contribution < 1.29 is 9.18 Å². The number of hydrogen-bond acceptors (Lipinski definition) is 5. The van der Waals surface area contributed by atoms with E-state index in [4.69, 9.17) is 4.98 Å². The molecule has 182 valence electrons. The maximum atomic E-state index is 13.4. The fourth-order valence-corrected chi connectivity index (χ4v) is 5.66. The Morgan fingerprint density at radius 3 is 2.66 bits per heavy atom. The van der Waals surface area contributed by atoms with Crippen LogP contribution >= 0.6 is 11.3 Å². The van der Waals surface area contributed by atoms with Crippen LogP contribution in [-0.4, -0.2) is 33.8 Å². The molecule has 0 aliphatic carbocycles. The van der Waals surface area contributed by atoms with E-state index in [2.05, 4.69) is 47.4 Å². The summed E-state index contributed by atoms with van der Waals surface area (Å²) in [5.41, 5.74) is 6.05. The van der Waals surface area contributed by atoms with Gasteiger partial charge in [-0.05, 0) is 81.5 Å². The number of rotatable bonds is 5. The molecular formula is C27H30FN5OS. The largest absolute Gasteiger partial charge is 0.349 e. The van der Waals surface area contributed by atoms with Crippen molar-refractivity contribution in [1.29, 1.82) is 0 Å². The number of aromatic nitrogens is 3. The highest BCUT2D eigenvalue weighted by atomic mass is 32.1. The summed E-state index contributed by atoms with van der Waals surface area (Å²) in [6.07, 6.45) is 1.81. The number of nitrogens with one attached hydrogen (secondary N) is 1. The number of fused-ring (bicyclic) bond motifs is 1. The average Bonchev–Trinajstić information content (AvgIpc) is 3.42. The first kappa shape index (κ1) is 23.5. The molecule has 2 aromatic heterocycles.